The van der Waals surface area contributed by atoms with Crippen LogP contribution < -0.4 is 0 Å². The lowest BCUT2D eigenvalue weighted by atomic mass is 9.99. The molecule has 0 saturated carbocycles. The second-order valence-electron chi connectivity index (χ2n) is 6.62. The van der Waals surface area contributed by atoms with Gasteiger partial charge in [0, 0.05) is 12.1 Å². The summed E-state index contributed by atoms with van der Waals surface area (Å²) in [4.78, 5) is 12.4. The van der Waals surface area contributed by atoms with E-state index in [0.717, 1.165) is 5.56 Å². The summed E-state index contributed by atoms with van der Waals surface area (Å²) in [5.74, 6) is -0.800. The molecule has 1 aromatic rings. The third kappa shape index (κ3) is 3.77. The predicted octanol–water partition coefficient (Wildman–Crippen LogP) is 3.42. The molecule has 0 radical (unpaired) electrons. The van der Waals surface area contributed by atoms with Gasteiger partial charge in [0.05, 0.1) is 6.42 Å². The molecular weight excluding hydrogens is 321 g/mol. The summed E-state index contributed by atoms with van der Waals surface area (Å²) in [7, 11) is 0. The van der Waals surface area contributed by atoms with Crippen LogP contribution in [0, 0.1) is 12.8 Å². The molecule has 1 aliphatic rings. The van der Waals surface area contributed by atoms with Crippen molar-refractivity contribution in [1.29, 1.82) is 0 Å². The van der Waals surface area contributed by atoms with Gasteiger partial charge < -0.3 is 5.11 Å². The number of aryl methyl sites for hydroxylation is 1. The lowest BCUT2D eigenvalue weighted by molar-refractivity contribution is -0.302. The van der Waals surface area contributed by atoms with E-state index in [9.17, 15) is 23.1 Å². The first-order valence-corrected chi connectivity index (χ1v) is 7.77. The van der Waals surface area contributed by atoms with Crippen LogP contribution in [0.15, 0.2) is 29.4 Å². The Labute approximate surface area is 139 Å². The van der Waals surface area contributed by atoms with E-state index in [1.807, 2.05) is 20.8 Å². The molecule has 0 unspecified atom stereocenters. The van der Waals surface area contributed by atoms with Crippen molar-refractivity contribution in [3.63, 3.8) is 0 Å². The third-order valence-electron chi connectivity index (χ3n) is 3.85. The predicted molar refractivity (Wildman–Crippen MR) is 84.2 cm³/mol. The Morgan fingerprint density at radius 1 is 1.33 bits per heavy atom. The van der Waals surface area contributed by atoms with Crippen molar-refractivity contribution in [3.8, 4) is 0 Å². The largest absolute Gasteiger partial charge is 0.438 e. The van der Waals surface area contributed by atoms with Crippen LogP contribution in [0.5, 0.6) is 0 Å². The van der Waals surface area contributed by atoms with E-state index in [4.69, 9.17) is 0 Å². The first-order valence-electron chi connectivity index (χ1n) is 7.77. The molecule has 0 fully saturated rings. The third-order valence-corrected chi connectivity index (χ3v) is 3.85. The van der Waals surface area contributed by atoms with Crippen LogP contribution in [0.2, 0.25) is 0 Å². The molecule has 2 rings (SSSR count). The van der Waals surface area contributed by atoms with Crippen molar-refractivity contribution in [2.24, 2.45) is 11.0 Å². The number of carbonyl (C=O) groups is 1. The van der Waals surface area contributed by atoms with E-state index in [-0.39, 0.29) is 23.1 Å². The van der Waals surface area contributed by atoms with E-state index in [2.05, 4.69) is 5.10 Å². The van der Waals surface area contributed by atoms with Crippen molar-refractivity contribution in [3.05, 3.63) is 35.4 Å². The van der Waals surface area contributed by atoms with Crippen LogP contribution >= 0.6 is 0 Å². The molecule has 7 heteroatoms. The Morgan fingerprint density at radius 2 is 1.92 bits per heavy atom. The summed E-state index contributed by atoms with van der Waals surface area (Å²) in [6.07, 6.45) is -5.63. The Balaban J connectivity index is 2.26. The molecule has 1 aromatic carbocycles. The van der Waals surface area contributed by atoms with Crippen LogP contribution in [0.3, 0.4) is 0 Å². The van der Waals surface area contributed by atoms with Crippen molar-refractivity contribution in [1.82, 2.24) is 5.01 Å². The number of amides is 1. The Morgan fingerprint density at radius 3 is 2.42 bits per heavy atom. The van der Waals surface area contributed by atoms with Gasteiger partial charge in [-0.15, -0.1) is 0 Å². The number of halogens is 3. The van der Waals surface area contributed by atoms with Crippen molar-refractivity contribution >= 4 is 11.6 Å². The maximum atomic E-state index is 13.3. The molecule has 0 spiro atoms. The summed E-state index contributed by atoms with van der Waals surface area (Å²) in [6.45, 7) is 5.55. The van der Waals surface area contributed by atoms with E-state index in [1.165, 1.54) is 0 Å². The summed E-state index contributed by atoms with van der Waals surface area (Å²) in [5.41, 5.74) is -1.53. The van der Waals surface area contributed by atoms with Gasteiger partial charge in [-0.25, -0.2) is 0 Å². The van der Waals surface area contributed by atoms with Crippen LogP contribution in [0.1, 0.15) is 37.8 Å². The molecule has 0 saturated heterocycles. The van der Waals surface area contributed by atoms with Gasteiger partial charge in [0.2, 0.25) is 5.91 Å². The van der Waals surface area contributed by atoms with Crippen molar-refractivity contribution in [2.75, 3.05) is 0 Å². The van der Waals surface area contributed by atoms with E-state index in [1.54, 1.807) is 24.3 Å². The highest BCUT2D eigenvalue weighted by atomic mass is 19.4. The second kappa shape index (κ2) is 6.55. The summed E-state index contributed by atoms with van der Waals surface area (Å²) >= 11 is 0. The van der Waals surface area contributed by atoms with Crippen LogP contribution in [0.25, 0.3) is 0 Å². The molecule has 1 aliphatic heterocycles. The SMILES string of the molecule is Cc1ccc(CC(=O)N2N=C(CC(C)C)C[C@@]2(O)C(F)(F)F)cc1. The number of hydrogen-bond acceptors (Lipinski definition) is 3. The van der Waals surface area contributed by atoms with E-state index >= 15 is 0 Å². The molecule has 24 heavy (non-hydrogen) atoms. The number of rotatable bonds is 4. The summed E-state index contributed by atoms with van der Waals surface area (Å²) in [6, 6.07) is 6.90. The number of alkyl halides is 3. The molecule has 0 bridgehead atoms. The van der Waals surface area contributed by atoms with Gasteiger partial charge in [-0.3, -0.25) is 4.79 Å². The summed E-state index contributed by atoms with van der Waals surface area (Å²) < 4.78 is 40.0. The number of nitrogens with zero attached hydrogens (tertiary/aromatic N) is 2. The standard InChI is InChI=1S/C17H21F3N2O2/c1-11(2)8-14-10-16(24,17(18,19)20)22(21-14)15(23)9-13-6-4-12(3)5-7-13/h4-7,11,24H,8-10H2,1-3H3/t16-/m1/s1. The highest BCUT2D eigenvalue weighted by molar-refractivity contribution is 5.91. The second-order valence-corrected chi connectivity index (χ2v) is 6.62. The van der Waals surface area contributed by atoms with Gasteiger partial charge in [0.15, 0.2) is 0 Å². The molecule has 1 N–H and O–H groups in total. The first-order chi connectivity index (χ1) is 11.0. The van der Waals surface area contributed by atoms with Crippen LogP contribution in [0.4, 0.5) is 13.2 Å². The molecule has 1 atom stereocenters. The first kappa shape index (κ1) is 18.4. The topological polar surface area (TPSA) is 52.9 Å². The van der Waals surface area contributed by atoms with Gasteiger partial charge in [-0.2, -0.15) is 23.3 Å². The molecule has 0 aromatic heterocycles. The van der Waals surface area contributed by atoms with Crippen molar-refractivity contribution < 1.29 is 23.1 Å². The number of aliphatic hydroxyl groups is 1. The number of carbonyl (C=O) groups excluding carboxylic acids is 1. The fourth-order valence-corrected chi connectivity index (χ4v) is 2.64. The highest BCUT2D eigenvalue weighted by Gasteiger charge is 2.62. The van der Waals surface area contributed by atoms with Gasteiger partial charge in [-0.05, 0) is 24.8 Å². The Hall–Kier alpha value is -1.89. The minimum absolute atomic E-state index is 0.0772. The molecule has 132 valence electrons. The highest BCUT2D eigenvalue weighted by Crippen LogP contribution is 2.41. The molecule has 0 aliphatic carbocycles. The van der Waals surface area contributed by atoms with Crippen LogP contribution in [-0.2, 0) is 11.2 Å². The van der Waals surface area contributed by atoms with Gasteiger partial charge in [0.1, 0.15) is 0 Å². The van der Waals surface area contributed by atoms with Crippen molar-refractivity contribution in [2.45, 2.75) is 51.9 Å². The quantitative estimate of drug-likeness (QED) is 0.911. The molecule has 4 nitrogen and oxygen atoms in total. The van der Waals surface area contributed by atoms with Gasteiger partial charge in [0.25, 0.3) is 5.72 Å². The summed E-state index contributed by atoms with van der Waals surface area (Å²) in [5, 5.41) is 14.1. The fraction of sp³-hybridized carbons (Fsp3) is 0.529. The van der Waals surface area contributed by atoms with Gasteiger partial charge >= 0.3 is 6.18 Å². The zero-order chi connectivity index (χ0) is 18.1. The zero-order valence-corrected chi connectivity index (χ0v) is 13.9. The average Bonchev–Trinajstić information content (AvgIpc) is 2.78. The maximum absolute atomic E-state index is 13.3. The smallest absolute Gasteiger partial charge is 0.362 e. The monoisotopic (exact) mass is 342 g/mol. The minimum atomic E-state index is -4.97. The molecule has 1 heterocycles. The van der Waals surface area contributed by atoms with Crippen LogP contribution in [-0.4, -0.2) is 33.6 Å². The lowest BCUT2D eigenvalue weighted by Gasteiger charge is -2.32. The normalized spacial score (nSPS) is 21.3. The molecular formula is C17H21F3N2O2. The fourth-order valence-electron chi connectivity index (χ4n) is 2.64. The minimum Gasteiger partial charge on any atom is -0.362 e. The van der Waals surface area contributed by atoms with E-state index in [0.29, 0.717) is 12.0 Å². The number of benzene rings is 1. The van der Waals surface area contributed by atoms with Gasteiger partial charge in [-0.1, -0.05) is 43.7 Å². The number of hydrogen-bond donors (Lipinski definition) is 1. The zero-order valence-electron chi connectivity index (χ0n) is 13.9. The Bertz CT molecular complexity index is 638. The lowest BCUT2D eigenvalue weighted by Crippen LogP contribution is -2.57. The average molecular weight is 342 g/mol. The maximum Gasteiger partial charge on any atom is 0.438 e. The Kier molecular flexibility index (Phi) is 5.03. The van der Waals surface area contributed by atoms with E-state index < -0.39 is 24.2 Å². The number of hydrazone groups is 1. The molecule has 1 amide bonds.